The molecule has 1 aliphatic heterocycles. The molecule has 0 bridgehead atoms. The van der Waals surface area contributed by atoms with Crippen LogP contribution < -0.4 is 15.1 Å². The SMILES string of the molecule is CN(C)c1ccc(CN(C[C@H]2CCCO2)C(=O)C[NH+](C)CC(=O)NC(C)(C)C)cc1. The van der Waals surface area contributed by atoms with Gasteiger partial charge in [0, 0.05) is 45.0 Å². The van der Waals surface area contributed by atoms with Crippen molar-refractivity contribution in [2.24, 2.45) is 0 Å². The van der Waals surface area contributed by atoms with E-state index in [1.165, 1.54) is 0 Å². The molecule has 0 saturated carbocycles. The van der Waals surface area contributed by atoms with E-state index in [1.54, 1.807) is 0 Å². The minimum absolute atomic E-state index is 0.0437. The number of hydrogen-bond acceptors (Lipinski definition) is 4. The second-order valence-electron chi connectivity index (χ2n) is 9.58. The molecule has 1 saturated heterocycles. The van der Waals surface area contributed by atoms with Crippen molar-refractivity contribution in [3.05, 3.63) is 29.8 Å². The smallest absolute Gasteiger partial charge is 0.278 e. The van der Waals surface area contributed by atoms with Crippen LogP contribution in [-0.2, 0) is 20.9 Å². The first-order valence-electron chi connectivity index (χ1n) is 10.8. The molecular formula is C23H39N4O3+. The van der Waals surface area contributed by atoms with Gasteiger partial charge in [-0.25, -0.2) is 0 Å². The number of rotatable bonds is 9. The number of quaternary nitrogens is 1. The van der Waals surface area contributed by atoms with E-state index in [0.717, 1.165) is 35.6 Å². The fourth-order valence-electron chi connectivity index (χ4n) is 3.58. The van der Waals surface area contributed by atoms with E-state index in [2.05, 4.69) is 34.5 Å². The Morgan fingerprint density at radius 3 is 2.37 bits per heavy atom. The number of amides is 2. The van der Waals surface area contributed by atoms with E-state index >= 15 is 0 Å². The molecule has 1 heterocycles. The number of anilines is 1. The molecule has 30 heavy (non-hydrogen) atoms. The Morgan fingerprint density at radius 1 is 1.17 bits per heavy atom. The van der Waals surface area contributed by atoms with Gasteiger partial charge in [0.05, 0.1) is 13.2 Å². The predicted octanol–water partition coefficient (Wildman–Crippen LogP) is 0.690. The van der Waals surface area contributed by atoms with E-state index in [4.69, 9.17) is 4.74 Å². The maximum atomic E-state index is 13.1. The van der Waals surface area contributed by atoms with Crippen molar-refractivity contribution < 1.29 is 19.2 Å². The number of nitrogens with one attached hydrogen (secondary N) is 2. The molecule has 1 aromatic rings. The molecule has 1 fully saturated rings. The summed E-state index contributed by atoms with van der Waals surface area (Å²) in [6.45, 7) is 8.32. The first-order valence-corrected chi connectivity index (χ1v) is 10.8. The summed E-state index contributed by atoms with van der Waals surface area (Å²) in [5.41, 5.74) is 1.95. The number of carbonyl (C=O) groups is 2. The third kappa shape index (κ3) is 8.32. The van der Waals surface area contributed by atoms with Crippen LogP contribution in [0.4, 0.5) is 5.69 Å². The molecule has 2 rings (SSSR count). The van der Waals surface area contributed by atoms with Crippen molar-refractivity contribution in [2.75, 3.05) is 52.3 Å². The van der Waals surface area contributed by atoms with Crippen LogP contribution in [-0.4, -0.2) is 75.7 Å². The topological polar surface area (TPSA) is 66.3 Å². The molecule has 168 valence electrons. The van der Waals surface area contributed by atoms with Gasteiger partial charge < -0.3 is 24.8 Å². The molecule has 1 aliphatic rings. The summed E-state index contributed by atoms with van der Waals surface area (Å²) in [6.07, 6.45) is 2.13. The van der Waals surface area contributed by atoms with Crippen LogP contribution in [0.2, 0.25) is 0 Å². The van der Waals surface area contributed by atoms with Crippen molar-refractivity contribution in [1.29, 1.82) is 0 Å². The molecule has 2 atom stereocenters. The van der Waals surface area contributed by atoms with Crippen LogP contribution in [0.5, 0.6) is 0 Å². The largest absolute Gasteiger partial charge is 0.378 e. The highest BCUT2D eigenvalue weighted by Gasteiger charge is 2.26. The summed E-state index contributed by atoms with van der Waals surface area (Å²) in [4.78, 5) is 30.1. The van der Waals surface area contributed by atoms with Gasteiger partial charge in [-0.1, -0.05) is 12.1 Å². The van der Waals surface area contributed by atoms with Crippen molar-refractivity contribution in [3.8, 4) is 0 Å². The second-order valence-corrected chi connectivity index (χ2v) is 9.58. The maximum Gasteiger partial charge on any atom is 0.278 e. The lowest BCUT2D eigenvalue weighted by Gasteiger charge is -2.27. The summed E-state index contributed by atoms with van der Waals surface area (Å²) in [7, 11) is 5.91. The minimum Gasteiger partial charge on any atom is -0.378 e. The highest BCUT2D eigenvalue weighted by molar-refractivity contribution is 5.79. The number of ether oxygens (including phenoxy) is 1. The third-order valence-corrected chi connectivity index (χ3v) is 5.06. The van der Waals surface area contributed by atoms with Crippen LogP contribution >= 0.6 is 0 Å². The normalized spacial score (nSPS) is 17.5. The standard InChI is InChI=1S/C23H38N4O3/c1-23(2,3)24-21(28)16-26(6)17-22(29)27(15-20-8-7-13-30-20)14-18-9-11-19(12-10-18)25(4)5/h9-12,20H,7-8,13-17H2,1-6H3,(H,24,28)/p+1/t20-/m1/s1. The number of nitrogens with zero attached hydrogens (tertiary/aromatic N) is 2. The van der Waals surface area contributed by atoms with E-state index in [0.29, 0.717) is 13.1 Å². The Bertz CT molecular complexity index is 691. The van der Waals surface area contributed by atoms with Crippen LogP contribution in [0.25, 0.3) is 0 Å². The lowest BCUT2D eigenvalue weighted by molar-refractivity contribution is -0.863. The molecule has 0 spiro atoms. The van der Waals surface area contributed by atoms with Gasteiger partial charge in [0.1, 0.15) is 0 Å². The Hall–Kier alpha value is -2.12. The fraction of sp³-hybridized carbons (Fsp3) is 0.652. The van der Waals surface area contributed by atoms with Crippen LogP contribution in [0.1, 0.15) is 39.2 Å². The van der Waals surface area contributed by atoms with E-state index in [-0.39, 0.29) is 36.5 Å². The summed E-state index contributed by atoms with van der Waals surface area (Å²) in [6, 6.07) is 8.27. The fourth-order valence-corrected chi connectivity index (χ4v) is 3.58. The zero-order valence-electron chi connectivity index (χ0n) is 19.5. The molecule has 2 N–H and O–H groups in total. The summed E-state index contributed by atoms with van der Waals surface area (Å²) in [5, 5.41) is 2.96. The first-order chi connectivity index (χ1) is 14.0. The van der Waals surface area contributed by atoms with Gasteiger partial charge in [-0.15, -0.1) is 0 Å². The first kappa shape index (κ1) is 24.2. The zero-order chi connectivity index (χ0) is 22.3. The van der Waals surface area contributed by atoms with Gasteiger partial charge in [0.25, 0.3) is 11.8 Å². The highest BCUT2D eigenvalue weighted by atomic mass is 16.5. The van der Waals surface area contributed by atoms with Gasteiger partial charge in [-0.3, -0.25) is 9.59 Å². The van der Waals surface area contributed by atoms with Crippen molar-refractivity contribution in [1.82, 2.24) is 10.2 Å². The molecule has 0 aliphatic carbocycles. The van der Waals surface area contributed by atoms with Crippen LogP contribution in [0.3, 0.4) is 0 Å². The monoisotopic (exact) mass is 419 g/mol. The minimum atomic E-state index is -0.272. The van der Waals surface area contributed by atoms with Gasteiger partial charge in [-0.05, 0) is 51.3 Å². The molecule has 2 amide bonds. The zero-order valence-corrected chi connectivity index (χ0v) is 19.5. The lowest BCUT2D eigenvalue weighted by atomic mass is 10.1. The Morgan fingerprint density at radius 2 is 1.83 bits per heavy atom. The number of benzene rings is 1. The summed E-state index contributed by atoms with van der Waals surface area (Å²) < 4.78 is 5.77. The molecule has 0 aromatic heterocycles. The highest BCUT2D eigenvalue weighted by Crippen LogP contribution is 2.17. The number of hydrogen-bond donors (Lipinski definition) is 2. The van der Waals surface area contributed by atoms with Crippen molar-refractivity contribution in [2.45, 2.75) is 51.8 Å². The van der Waals surface area contributed by atoms with E-state index < -0.39 is 0 Å². The molecular weight excluding hydrogens is 380 g/mol. The van der Waals surface area contributed by atoms with Crippen LogP contribution in [0.15, 0.2) is 24.3 Å². The lowest BCUT2D eigenvalue weighted by Crippen LogP contribution is -3.11. The Kier molecular flexibility index (Phi) is 8.67. The van der Waals surface area contributed by atoms with E-state index in [9.17, 15) is 9.59 Å². The average Bonchev–Trinajstić information content (AvgIpc) is 3.12. The quantitative estimate of drug-likeness (QED) is 0.618. The van der Waals surface area contributed by atoms with E-state index in [1.807, 2.05) is 46.8 Å². The van der Waals surface area contributed by atoms with Crippen molar-refractivity contribution >= 4 is 17.5 Å². The Balaban J connectivity index is 2.00. The summed E-state index contributed by atoms with van der Waals surface area (Å²) in [5.74, 6) is 0.000922. The summed E-state index contributed by atoms with van der Waals surface area (Å²) >= 11 is 0. The molecule has 1 unspecified atom stereocenters. The number of carbonyl (C=O) groups excluding carboxylic acids is 2. The van der Waals surface area contributed by atoms with Crippen molar-refractivity contribution in [3.63, 3.8) is 0 Å². The number of likely N-dealkylation sites (N-methyl/N-ethyl adjacent to an activating group) is 1. The van der Waals surface area contributed by atoms with Gasteiger partial charge >= 0.3 is 0 Å². The molecule has 0 radical (unpaired) electrons. The third-order valence-electron chi connectivity index (χ3n) is 5.06. The van der Waals surface area contributed by atoms with Gasteiger partial charge in [0.2, 0.25) is 0 Å². The average molecular weight is 420 g/mol. The van der Waals surface area contributed by atoms with Gasteiger partial charge in [-0.2, -0.15) is 0 Å². The Labute approximate surface area is 181 Å². The molecule has 7 nitrogen and oxygen atoms in total. The molecule has 1 aromatic carbocycles. The second kappa shape index (κ2) is 10.8. The van der Waals surface area contributed by atoms with Gasteiger partial charge in [0.15, 0.2) is 13.1 Å². The predicted molar refractivity (Wildman–Crippen MR) is 120 cm³/mol. The van der Waals surface area contributed by atoms with Crippen LogP contribution in [0, 0.1) is 0 Å². The molecule has 7 heteroatoms. The maximum absolute atomic E-state index is 13.1.